The summed E-state index contributed by atoms with van der Waals surface area (Å²) in [6, 6.07) is 14.7. The molecule has 2 aromatic carbocycles. The molecular formula is C29H33F2N7O3. The van der Waals surface area contributed by atoms with Crippen LogP contribution >= 0.6 is 0 Å². The second-order valence-electron chi connectivity index (χ2n) is 10.4. The number of likely N-dealkylation sites (N-methyl/N-ethyl adjacent to an activating group) is 1. The molecule has 3 N–H and O–H groups in total. The van der Waals surface area contributed by atoms with Crippen LogP contribution in [0.5, 0.6) is 0 Å². The van der Waals surface area contributed by atoms with Crippen molar-refractivity contribution in [3.8, 4) is 0 Å². The molecule has 3 aromatic rings. The Kier molecular flexibility index (Phi) is 8.52. The molecule has 1 aromatic heterocycles. The Morgan fingerprint density at radius 1 is 1.07 bits per heavy atom. The Balaban J connectivity index is 1.58. The number of fused-ring (bicyclic) bond motifs is 1. The minimum Gasteiger partial charge on any atom is -0.330 e. The zero-order valence-corrected chi connectivity index (χ0v) is 23.3. The van der Waals surface area contributed by atoms with Crippen molar-refractivity contribution in [3.63, 3.8) is 0 Å². The smallest absolute Gasteiger partial charge is 0.330 e. The number of urea groups is 1. The van der Waals surface area contributed by atoms with Crippen LogP contribution in [-0.4, -0.2) is 58.1 Å². The molecular weight excluding hydrogens is 532 g/mol. The van der Waals surface area contributed by atoms with Gasteiger partial charge in [0, 0.05) is 23.4 Å². The molecule has 216 valence electrons. The van der Waals surface area contributed by atoms with Crippen LogP contribution in [0.1, 0.15) is 53.6 Å². The third kappa shape index (κ3) is 6.27. The van der Waals surface area contributed by atoms with Gasteiger partial charge in [-0.15, -0.1) is 5.10 Å². The van der Waals surface area contributed by atoms with Crippen molar-refractivity contribution in [3.05, 3.63) is 89.6 Å². The first-order valence-electron chi connectivity index (χ1n) is 12.9. The Bertz CT molecular complexity index is 1440. The molecule has 1 atom stereocenters. The number of rotatable bonds is 9. The van der Waals surface area contributed by atoms with Gasteiger partial charge in [-0.25, -0.2) is 9.48 Å². The highest BCUT2D eigenvalue weighted by atomic mass is 19.3. The van der Waals surface area contributed by atoms with Gasteiger partial charge in [-0.1, -0.05) is 36.9 Å². The summed E-state index contributed by atoms with van der Waals surface area (Å²) in [5.74, 6) is -1.03. The summed E-state index contributed by atoms with van der Waals surface area (Å²) >= 11 is 0. The molecule has 0 saturated heterocycles. The van der Waals surface area contributed by atoms with Gasteiger partial charge < -0.3 is 25.8 Å². The molecule has 0 saturated carbocycles. The van der Waals surface area contributed by atoms with Crippen molar-refractivity contribution in [1.29, 1.82) is 0 Å². The molecule has 2 heterocycles. The van der Waals surface area contributed by atoms with Crippen molar-refractivity contribution >= 4 is 29.4 Å². The number of hydrogen-bond donors (Lipinski definition) is 3. The number of carbonyl (C=O) groups is 3. The van der Waals surface area contributed by atoms with Crippen LogP contribution in [0.3, 0.4) is 0 Å². The lowest BCUT2D eigenvalue weighted by Crippen LogP contribution is -2.49. The molecule has 0 aliphatic carbocycles. The summed E-state index contributed by atoms with van der Waals surface area (Å²) in [6.45, 7) is 4.23. The van der Waals surface area contributed by atoms with Crippen LogP contribution in [0.25, 0.3) is 0 Å². The van der Waals surface area contributed by atoms with E-state index in [2.05, 4.69) is 27.6 Å². The molecule has 4 amide bonds. The van der Waals surface area contributed by atoms with E-state index in [4.69, 9.17) is 0 Å². The first kappa shape index (κ1) is 29.4. The maximum atomic E-state index is 14.1. The normalized spacial score (nSPS) is 14.5. The van der Waals surface area contributed by atoms with Crippen LogP contribution in [-0.2, 0) is 16.9 Å². The Labute approximate surface area is 237 Å². The molecule has 0 fully saturated rings. The second-order valence-corrected chi connectivity index (χ2v) is 10.4. The van der Waals surface area contributed by atoms with Crippen LogP contribution < -0.4 is 16.0 Å². The number of benzene rings is 2. The molecule has 1 aliphatic rings. The SMILES string of the molecule is C=CC(=O)Nc1ccc(C(=O)Nc2nn(C(F)F)c3c2CN(C(=O)NC(CN(C)C)c2ccccc2)C3(C)C)cc1. The highest BCUT2D eigenvalue weighted by Gasteiger charge is 2.47. The highest BCUT2D eigenvalue weighted by Crippen LogP contribution is 2.43. The van der Waals surface area contributed by atoms with Gasteiger partial charge in [0.2, 0.25) is 5.91 Å². The largest absolute Gasteiger partial charge is 0.333 e. The molecule has 1 unspecified atom stereocenters. The zero-order valence-electron chi connectivity index (χ0n) is 23.3. The number of nitrogens with one attached hydrogen (secondary N) is 3. The van der Waals surface area contributed by atoms with Gasteiger partial charge in [-0.2, -0.15) is 8.78 Å². The van der Waals surface area contributed by atoms with Gasteiger partial charge in [-0.05, 0) is 63.8 Å². The van der Waals surface area contributed by atoms with Crippen LogP contribution in [0.2, 0.25) is 0 Å². The van der Waals surface area contributed by atoms with E-state index in [1.165, 1.54) is 29.2 Å². The Morgan fingerprint density at radius 3 is 2.32 bits per heavy atom. The van der Waals surface area contributed by atoms with Crippen LogP contribution in [0.4, 0.5) is 25.1 Å². The number of hydrogen-bond acceptors (Lipinski definition) is 5. The summed E-state index contributed by atoms with van der Waals surface area (Å²) in [5, 5.41) is 12.3. The minimum atomic E-state index is -2.99. The average molecular weight is 566 g/mol. The zero-order chi connectivity index (χ0) is 29.9. The number of aromatic nitrogens is 2. The summed E-state index contributed by atoms with van der Waals surface area (Å²) < 4.78 is 28.8. The predicted octanol–water partition coefficient (Wildman–Crippen LogP) is 4.72. The lowest BCUT2D eigenvalue weighted by molar-refractivity contribution is -0.111. The van der Waals surface area contributed by atoms with Gasteiger partial charge in [-0.3, -0.25) is 9.59 Å². The molecule has 0 radical (unpaired) electrons. The molecule has 1 aliphatic heterocycles. The maximum Gasteiger partial charge on any atom is 0.333 e. The van der Waals surface area contributed by atoms with Crippen LogP contribution in [0, 0.1) is 0 Å². The monoisotopic (exact) mass is 565 g/mol. The summed E-state index contributed by atoms with van der Waals surface area (Å²) in [7, 11) is 3.80. The number of halogens is 2. The lowest BCUT2D eigenvalue weighted by Gasteiger charge is -2.34. The van der Waals surface area contributed by atoms with E-state index < -0.39 is 29.9 Å². The molecule has 12 heteroatoms. The van der Waals surface area contributed by atoms with E-state index >= 15 is 0 Å². The van der Waals surface area contributed by atoms with E-state index in [0.29, 0.717) is 22.5 Å². The fourth-order valence-electron chi connectivity index (χ4n) is 4.91. The van der Waals surface area contributed by atoms with Gasteiger partial charge in [0.05, 0.1) is 23.8 Å². The molecule has 41 heavy (non-hydrogen) atoms. The topological polar surface area (TPSA) is 112 Å². The summed E-state index contributed by atoms with van der Waals surface area (Å²) in [6.07, 6.45) is 1.12. The molecule has 0 spiro atoms. The molecule has 10 nitrogen and oxygen atoms in total. The molecule has 0 bridgehead atoms. The number of alkyl halides is 2. The van der Waals surface area contributed by atoms with Crippen molar-refractivity contribution in [2.24, 2.45) is 0 Å². The van der Waals surface area contributed by atoms with Gasteiger partial charge >= 0.3 is 12.6 Å². The van der Waals surface area contributed by atoms with Gasteiger partial charge in [0.15, 0.2) is 5.82 Å². The maximum absolute atomic E-state index is 14.1. The highest BCUT2D eigenvalue weighted by molar-refractivity contribution is 6.05. The van der Waals surface area contributed by atoms with Gasteiger partial charge in [0.1, 0.15) is 0 Å². The fourth-order valence-corrected chi connectivity index (χ4v) is 4.91. The summed E-state index contributed by atoms with van der Waals surface area (Å²) in [4.78, 5) is 41.5. The lowest BCUT2D eigenvalue weighted by atomic mass is 10.0. The van der Waals surface area contributed by atoms with Crippen molar-refractivity contribution in [2.45, 2.75) is 38.5 Å². The quantitative estimate of drug-likeness (QED) is 0.325. The third-order valence-corrected chi connectivity index (χ3v) is 6.89. The Hall–Kier alpha value is -4.58. The van der Waals surface area contributed by atoms with E-state index in [0.717, 1.165) is 11.6 Å². The standard InChI is InChI=1S/C29H33F2N7O3/c1-6-23(39)32-20-14-12-19(13-15-20)26(40)34-25-21-16-37(29(2,3)24(21)38(35-25)27(30)31)28(41)33-22(17-36(4)5)18-10-8-7-9-11-18/h6-15,22,27H,1,16-17H2,2-5H3,(H,32,39)(H,33,41)(H,34,35,40). The Morgan fingerprint density at radius 2 is 1.73 bits per heavy atom. The number of anilines is 2. The third-order valence-electron chi connectivity index (χ3n) is 6.89. The van der Waals surface area contributed by atoms with E-state index in [1.807, 2.05) is 49.3 Å². The predicted molar refractivity (Wildman–Crippen MR) is 152 cm³/mol. The first-order valence-corrected chi connectivity index (χ1v) is 12.9. The average Bonchev–Trinajstić information content (AvgIpc) is 3.43. The fraction of sp³-hybridized carbons (Fsp3) is 0.310. The minimum absolute atomic E-state index is 0.0352. The van der Waals surface area contributed by atoms with Crippen molar-refractivity contribution < 1.29 is 23.2 Å². The number of carbonyl (C=O) groups excluding carboxylic acids is 3. The molecule has 4 rings (SSSR count). The summed E-state index contributed by atoms with van der Waals surface area (Å²) in [5.41, 5.74) is 0.910. The van der Waals surface area contributed by atoms with Crippen LogP contribution in [0.15, 0.2) is 67.3 Å². The first-order chi connectivity index (χ1) is 19.4. The van der Waals surface area contributed by atoms with E-state index in [-0.39, 0.29) is 29.7 Å². The second kappa shape index (κ2) is 11.9. The van der Waals surface area contributed by atoms with E-state index in [1.54, 1.807) is 13.8 Å². The van der Waals surface area contributed by atoms with Crippen molar-refractivity contribution in [1.82, 2.24) is 24.9 Å². The van der Waals surface area contributed by atoms with Gasteiger partial charge in [0.25, 0.3) is 5.91 Å². The van der Waals surface area contributed by atoms with Crippen molar-refractivity contribution in [2.75, 3.05) is 31.3 Å². The number of amides is 4. The van der Waals surface area contributed by atoms with E-state index in [9.17, 15) is 23.2 Å². The number of nitrogens with zero attached hydrogens (tertiary/aromatic N) is 4.